The van der Waals surface area contributed by atoms with E-state index >= 15 is 0 Å². The standard InChI is InChI=1S/C13H17N3O2/c1-10-11(9-14)5-6-12(16-10)13(18)15-7-3-2-4-8-17/h5-6,17H,2-4,7-8H2,1H3,(H,15,18). The summed E-state index contributed by atoms with van der Waals surface area (Å²) in [6.45, 7) is 2.46. The summed E-state index contributed by atoms with van der Waals surface area (Å²) in [5.74, 6) is -0.230. The molecule has 1 rings (SSSR count). The van der Waals surface area contributed by atoms with Crippen molar-refractivity contribution in [1.82, 2.24) is 10.3 Å². The van der Waals surface area contributed by atoms with Gasteiger partial charge in [0, 0.05) is 13.2 Å². The maximum absolute atomic E-state index is 11.7. The first-order valence-electron chi connectivity index (χ1n) is 5.96. The van der Waals surface area contributed by atoms with E-state index in [0.717, 1.165) is 19.3 Å². The number of carbonyl (C=O) groups excluding carboxylic acids is 1. The monoisotopic (exact) mass is 247 g/mol. The zero-order valence-electron chi connectivity index (χ0n) is 10.4. The van der Waals surface area contributed by atoms with Crippen LogP contribution >= 0.6 is 0 Å². The van der Waals surface area contributed by atoms with E-state index in [0.29, 0.717) is 23.5 Å². The lowest BCUT2D eigenvalue weighted by Gasteiger charge is -2.05. The van der Waals surface area contributed by atoms with Gasteiger partial charge in [-0.2, -0.15) is 5.26 Å². The summed E-state index contributed by atoms with van der Waals surface area (Å²) in [7, 11) is 0. The Balaban J connectivity index is 2.47. The number of hydrogen-bond donors (Lipinski definition) is 2. The predicted molar refractivity (Wildman–Crippen MR) is 67.0 cm³/mol. The van der Waals surface area contributed by atoms with Crippen molar-refractivity contribution in [2.24, 2.45) is 0 Å². The normalized spacial score (nSPS) is 9.83. The third-order valence-electron chi connectivity index (χ3n) is 2.56. The molecule has 0 aliphatic heterocycles. The number of nitrogens with zero attached hydrogens (tertiary/aromatic N) is 2. The lowest BCUT2D eigenvalue weighted by Crippen LogP contribution is -2.25. The van der Waals surface area contributed by atoms with Gasteiger partial charge < -0.3 is 10.4 Å². The Kier molecular flexibility index (Phi) is 5.81. The van der Waals surface area contributed by atoms with Crippen LogP contribution in [0.1, 0.15) is 41.0 Å². The van der Waals surface area contributed by atoms with Crippen molar-refractivity contribution in [3.05, 3.63) is 29.1 Å². The second-order valence-corrected chi connectivity index (χ2v) is 3.98. The molecule has 18 heavy (non-hydrogen) atoms. The molecule has 1 aromatic heterocycles. The average Bonchev–Trinajstić information content (AvgIpc) is 2.38. The Labute approximate surface area is 106 Å². The Morgan fingerprint density at radius 1 is 1.44 bits per heavy atom. The maximum atomic E-state index is 11.7. The van der Waals surface area contributed by atoms with Gasteiger partial charge in [0.15, 0.2) is 0 Å². The molecule has 0 saturated carbocycles. The molecule has 1 heterocycles. The van der Waals surface area contributed by atoms with Gasteiger partial charge in [-0.25, -0.2) is 4.98 Å². The molecule has 0 saturated heterocycles. The average molecular weight is 247 g/mol. The van der Waals surface area contributed by atoms with Gasteiger partial charge in [0.25, 0.3) is 5.91 Å². The minimum atomic E-state index is -0.230. The number of aryl methyl sites for hydroxylation is 1. The number of carbonyl (C=O) groups is 1. The van der Waals surface area contributed by atoms with Crippen molar-refractivity contribution in [2.75, 3.05) is 13.2 Å². The third-order valence-corrected chi connectivity index (χ3v) is 2.56. The second-order valence-electron chi connectivity index (χ2n) is 3.98. The molecular formula is C13H17N3O2. The molecular weight excluding hydrogens is 230 g/mol. The third kappa shape index (κ3) is 4.15. The predicted octanol–water partition coefficient (Wildman–Crippen LogP) is 1.15. The summed E-state index contributed by atoms with van der Waals surface area (Å²) < 4.78 is 0. The van der Waals surface area contributed by atoms with E-state index in [-0.39, 0.29) is 12.5 Å². The molecule has 2 N–H and O–H groups in total. The van der Waals surface area contributed by atoms with Crippen molar-refractivity contribution in [3.8, 4) is 6.07 Å². The molecule has 0 spiro atoms. The lowest BCUT2D eigenvalue weighted by molar-refractivity contribution is 0.0947. The highest BCUT2D eigenvalue weighted by Crippen LogP contribution is 2.05. The maximum Gasteiger partial charge on any atom is 0.269 e. The Morgan fingerprint density at radius 3 is 2.83 bits per heavy atom. The SMILES string of the molecule is Cc1nc(C(=O)NCCCCCO)ccc1C#N. The van der Waals surface area contributed by atoms with Crippen molar-refractivity contribution >= 4 is 5.91 Å². The minimum Gasteiger partial charge on any atom is -0.396 e. The van der Waals surface area contributed by atoms with Gasteiger partial charge in [0.05, 0.1) is 11.3 Å². The van der Waals surface area contributed by atoms with Gasteiger partial charge >= 0.3 is 0 Å². The summed E-state index contributed by atoms with van der Waals surface area (Å²) >= 11 is 0. The summed E-state index contributed by atoms with van der Waals surface area (Å²) in [6.07, 6.45) is 2.47. The first-order valence-corrected chi connectivity index (χ1v) is 5.96. The topological polar surface area (TPSA) is 86.0 Å². The Hall–Kier alpha value is -1.93. The van der Waals surface area contributed by atoms with E-state index in [4.69, 9.17) is 10.4 Å². The van der Waals surface area contributed by atoms with Gasteiger partial charge in [-0.3, -0.25) is 4.79 Å². The molecule has 0 radical (unpaired) electrons. The van der Waals surface area contributed by atoms with Gasteiger partial charge in [-0.15, -0.1) is 0 Å². The number of nitrogens with one attached hydrogen (secondary N) is 1. The number of aliphatic hydroxyl groups excluding tert-OH is 1. The Bertz CT molecular complexity index is 452. The molecule has 0 unspecified atom stereocenters. The zero-order valence-corrected chi connectivity index (χ0v) is 10.4. The van der Waals surface area contributed by atoms with Gasteiger partial charge in [0.2, 0.25) is 0 Å². The van der Waals surface area contributed by atoms with Crippen LogP contribution in [0.5, 0.6) is 0 Å². The van der Waals surface area contributed by atoms with Crippen molar-refractivity contribution in [3.63, 3.8) is 0 Å². The highest BCUT2D eigenvalue weighted by Gasteiger charge is 2.08. The molecule has 1 amide bonds. The number of nitriles is 1. The molecule has 5 nitrogen and oxygen atoms in total. The smallest absolute Gasteiger partial charge is 0.269 e. The van der Waals surface area contributed by atoms with Crippen LogP contribution in [0.15, 0.2) is 12.1 Å². The van der Waals surface area contributed by atoms with E-state index in [1.54, 1.807) is 19.1 Å². The van der Waals surface area contributed by atoms with Crippen LogP contribution < -0.4 is 5.32 Å². The second kappa shape index (κ2) is 7.41. The Morgan fingerprint density at radius 2 is 2.22 bits per heavy atom. The fraction of sp³-hybridized carbons (Fsp3) is 0.462. The summed E-state index contributed by atoms with van der Waals surface area (Å²) in [4.78, 5) is 15.8. The van der Waals surface area contributed by atoms with Crippen LogP contribution in [0.4, 0.5) is 0 Å². The highest BCUT2D eigenvalue weighted by atomic mass is 16.2. The summed E-state index contributed by atoms with van der Waals surface area (Å²) in [5.41, 5.74) is 1.37. The van der Waals surface area contributed by atoms with Crippen molar-refractivity contribution in [1.29, 1.82) is 5.26 Å². The van der Waals surface area contributed by atoms with E-state index in [9.17, 15) is 4.79 Å². The van der Waals surface area contributed by atoms with Crippen LogP contribution in [-0.4, -0.2) is 29.1 Å². The fourth-order valence-corrected chi connectivity index (χ4v) is 1.51. The molecule has 0 atom stereocenters. The molecule has 0 aliphatic carbocycles. The minimum absolute atomic E-state index is 0.185. The number of hydrogen-bond acceptors (Lipinski definition) is 4. The van der Waals surface area contributed by atoms with Crippen LogP contribution in [0.3, 0.4) is 0 Å². The number of rotatable bonds is 6. The van der Waals surface area contributed by atoms with Crippen molar-refractivity contribution in [2.45, 2.75) is 26.2 Å². The van der Waals surface area contributed by atoms with Gasteiger partial charge in [0.1, 0.15) is 11.8 Å². The van der Waals surface area contributed by atoms with Crippen LogP contribution in [0.2, 0.25) is 0 Å². The first-order chi connectivity index (χ1) is 8.69. The molecule has 0 aliphatic rings. The van der Waals surface area contributed by atoms with E-state index < -0.39 is 0 Å². The summed E-state index contributed by atoms with van der Waals surface area (Å²) in [6, 6.07) is 5.16. The molecule has 1 aromatic rings. The number of aliphatic hydroxyl groups is 1. The fourth-order valence-electron chi connectivity index (χ4n) is 1.51. The number of amides is 1. The number of pyridine rings is 1. The van der Waals surface area contributed by atoms with E-state index in [1.165, 1.54) is 0 Å². The van der Waals surface area contributed by atoms with E-state index in [1.807, 2.05) is 6.07 Å². The molecule has 0 fully saturated rings. The lowest BCUT2D eigenvalue weighted by atomic mass is 10.2. The van der Waals surface area contributed by atoms with Gasteiger partial charge in [-0.05, 0) is 38.3 Å². The zero-order chi connectivity index (χ0) is 13.4. The first kappa shape index (κ1) is 14.1. The molecule has 0 aromatic carbocycles. The van der Waals surface area contributed by atoms with Crippen molar-refractivity contribution < 1.29 is 9.90 Å². The number of unbranched alkanes of at least 4 members (excludes halogenated alkanes) is 2. The van der Waals surface area contributed by atoms with Crippen LogP contribution in [0, 0.1) is 18.3 Å². The van der Waals surface area contributed by atoms with Crippen LogP contribution in [0.25, 0.3) is 0 Å². The van der Waals surface area contributed by atoms with E-state index in [2.05, 4.69) is 10.3 Å². The van der Waals surface area contributed by atoms with Gasteiger partial charge in [-0.1, -0.05) is 0 Å². The largest absolute Gasteiger partial charge is 0.396 e. The highest BCUT2D eigenvalue weighted by molar-refractivity contribution is 5.92. The molecule has 0 bridgehead atoms. The summed E-state index contributed by atoms with van der Waals surface area (Å²) in [5, 5.41) is 20.1. The molecule has 96 valence electrons. The van der Waals surface area contributed by atoms with Crippen LogP contribution in [-0.2, 0) is 0 Å². The number of aromatic nitrogens is 1. The quantitative estimate of drug-likeness (QED) is 0.738. The molecule has 5 heteroatoms.